The predicted molar refractivity (Wildman–Crippen MR) is 88.9 cm³/mol. The fraction of sp³-hybridized carbons (Fsp3) is 0.938. The van der Waals surface area contributed by atoms with Gasteiger partial charge in [0.15, 0.2) is 0 Å². The smallest absolute Gasteiger partial charge is 0.410 e. The molecule has 0 aromatic heterocycles. The van der Waals surface area contributed by atoms with Crippen LogP contribution in [0.2, 0.25) is 0 Å². The second-order valence-electron chi connectivity index (χ2n) is 7.18. The lowest BCUT2D eigenvalue weighted by atomic mass is 10.1. The normalized spacial score (nSPS) is 28.0. The number of hydrogen-bond donors (Lipinski definition) is 1. The van der Waals surface area contributed by atoms with E-state index in [1.807, 2.05) is 25.7 Å². The van der Waals surface area contributed by atoms with Crippen molar-refractivity contribution in [3.8, 4) is 0 Å². The van der Waals surface area contributed by atoms with Crippen LogP contribution in [0.5, 0.6) is 0 Å². The molecule has 0 aromatic rings. The summed E-state index contributed by atoms with van der Waals surface area (Å²) in [6, 6.07) is 1.22. The lowest BCUT2D eigenvalue weighted by Gasteiger charge is -2.28. The standard InChI is InChI=1S/C16H30N2O2S/c1-16(2,3)20-15(19)18-9-4-6-13(8-10-18)17-14-7-5-11-21-12-14/h13-14,17H,4-12H2,1-3H3/t13-,14-/m0/s1. The van der Waals surface area contributed by atoms with Gasteiger partial charge in [-0.3, -0.25) is 0 Å². The van der Waals surface area contributed by atoms with Crippen LogP contribution in [0.1, 0.15) is 52.9 Å². The Balaban J connectivity index is 1.77. The van der Waals surface area contributed by atoms with Crippen LogP contribution in [-0.2, 0) is 4.74 Å². The van der Waals surface area contributed by atoms with E-state index in [2.05, 4.69) is 17.1 Å². The topological polar surface area (TPSA) is 41.6 Å². The average molecular weight is 314 g/mol. The first-order valence-corrected chi connectivity index (χ1v) is 9.41. The Bertz CT molecular complexity index is 338. The van der Waals surface area contributed by atoms with Gasteiger partial charge in [-0.25, -0.2) is 4.79 Å². The number of nitrogens with one attached hydrogen (secondary N) is 1. The van der Waals surface area contributed by atoms with Gasteiger partial charge in [0.1, 0.15) is 5.60 Å². The summed E-state index contributed by atoms with van der Waals surface area (Å²) >= 11 is 2.06. The Morgan fingerprint density at radius 3 is 2.57 bits per heavy atom. The van der Waals surface area contributed by atoms with Crippen molar-refractivity contribution in [1.82, 2.24) is 10.2 Å². The molecule has 2 rings (SSSR count). The molecule has 0 aromatic carbocycles. The van der Waals surface area contributed by atoms with Crippen LogP contribution in [-0.4, -0.2) is 53.3 Å². The van der Waals surface area contributed by atoms with Crippen molar-refractivity contribution in [2.24, 2.45) is 0 Å². The molecule has 0 unspecified atom stereocenters. The largest absolute Gasteiger partial charge is 0.444 e. The van der Waals surface area contributed by atoms with Crippen LogP contribution in [0.3, 0.4) is 0 Å². The number of amides is 1. The van der Waals surface area contributed by atoms with E-state index in [9.17, 15) is 4.79 Å². The third kappa shape index (κ3) is 6.07. The molecule has 2 atom stereocenters. The van der Waals surface area contributed by atoms with Crippen molar-refractivity contribution in [2.45, 2.75) is 70.6 Å². The van der Waals surface area contributed by atoms with Gasteiger partial charge in [-0.2, -0.15) is 11.8 Å². The van der Waals surface area contributed by atoms with Gasteiger partial charge in [0.2, 0.25) is 0 Å². The van der Waals surface area contributed by atoms with E-state index in [0.717, 1.165) is 25.9 Å². The maximum atomic E-state index is 12.1. The first kappa shape index (κ1) is 16.9. The number of nitrogens with zero attached hydrogens (tertiary/aromatic N) is 1. The summed E-state index contributed by atoms with van der Waals surface area (Å²) < 4.78 is 5.48. The Morgan fingerprint density at radius 2 is 1.90 bits per heavy atom. The third-order valence-electron chi connectivity index (χ3n) is 4.01. The number of hydrogen-bond acceptors (Lipinski definition) is 4. The maximum absolute atomic E-state index is 12.1. The van der Waals surface area contributed by atoms with E-state index in [4.69, 9.17) is 4.74 Å². The van der Waals surface area contributed by atoms with E-state index in [1.54, 1.807) is 0 Å². The zero-order valence-corrected chi connectivity index (χ0v) is 14.5. The fourth-order valence-electron chi connectivity index (χ4n) is 2.98. The molecular weight excluding hydrogens is 284 g/mol. The molecule has 4 nitrogen and oxygen atoms in total. The molecule has 0 spiro atoms. The second-order valence-corrected chi connectivity index (χ2v) is 8.33. The number of likely N-dealkylation sites (tertiary alicyclic amines) is 1. The van der Waals surface area contributed by atoms with E-state index in [-0.39, 0.29) is 6.09 Å². The van der Waals surface area contributed by atoms with E-state index in [1.165, 1.54) is 30.8 Å². The van der Waals surface area contributed by atoms with Crippen molar-refractivity contribution in [2.75, 3.05) is 24.6 Å². The number of thioether (sulfide) groups is 1. The van der Waals surface area contributed by atoms with Crippen LogP contribution < -0.4 is 5.32 Å². The summed E-state index contributed by atoms with van der Waals surface area (Å²) in [7, 11) is 0. The molecule has 2 aliphatic heterocycles. The zero-order chi connectivity index (χ0) is 15.3. The number of ether oxygens (including phenoxy) is 1. The predicted octanol–water partition coefficient (Wildman–Crippen LogP) is 3.26. The molecule has 5 heteroatoms. The molecule has 122 valence electrons. The molecule has 0 aliphatic carbocycles. The second kappa shape index (κ2) is 7.73. The van der Waals surface area contributed by atoms with Gasteiger partial charge in [-0.15, -0.1) is 0 Å². The molecule has 1 amide bonds. The minimum Gasteiger partial charge on any atom is -0.444 e. The highest BCUT2D eigenvalue weighted by Gasteiger charge is 2.26. The van der Waals surface area contributed by atoms with Crippen LogP contribution in [0.15, 0.2) is 0 Å². The minimum absolute atomic E-state index is 0.156. The highest BCUT2D eigenvalue weighted by atomic mass is 32.2. The quantitative estimate of drug-likeness (QED) is 0.849. The lowest BCUT2D eigenvalue weighted by molar-refractivity contribution is 0.0256. The van der Waals surface area contributed by atoms with Crippen molar-refractivity contribution < 1.29 is 9.53 Å². The molecule has 0 radical (unpaired) electrons. The summed E-state index contributed by atoms with van der Waals surface area (Å²) in [5.74, 6) is 2.56. The lowest BCUT2D eigenvalue weighted by Crippen LogP contribution is -2.42. The van der Waals surface area contributed by atoms with E-state index >= 15 is 0 Å². The molecule has 21 heavy (non-hydrogen) atoms. The van der Waals surface area contributed by atoms with Gasteiger partial charge in [0.05, 0.1) is 0 Å². The van der Waals surface area contributed by atoms with E-state index < -0.39 is 5.60 Å². The summed E-state index contributed by atoms with van der Waals surface area (Å²) in [5.41, 5.74) is -0.402. The van der Waals surface area contributed by atoms with Gasteiger partial charge in [0, 0.05) is 30.9 Å². The van der Waals surface area contributed by atoms with Gasteiger partial charge in [-0.1, -0.05) is 0 Å². The average Bonchev–Trinajstić information content (AvgIpc) is 2.64. The van der Waals surface area contributed by atoms with Gasteiger partial charge < -0.3 is 15.0 Å². The third-order valence-corrected chi connectivity index (χ3v) is 5.23. The first-order valence-electron chi connectivity index (χ1n) is 8.26. The molecule has 1 N–H and O–H groups in total. The molecule has 2 saturated heterocycles. The first-order chi connectivity index (χ1) is 9.94. The summed E-state index contributed by atoms with van der Waals surface area (Å²) in [6.45, 7) is 7.41. The van der Waals surface area contributed by atoms with Crippen molar-refractivity contribution in [3.05, 3.63) is 0 Å². The summed E-state index contributed by atoms with van der Waals surface area (Å²) in [6.07, 6.45) is 5.76. The molecule has 2 aliphatic rings. The fourth-order valence-corrected chi connectivity index (χ4v) is 4.06. The zero-order valence-electron chi connectivity index (χ0n) is 13.7. The monoisotopic (exact) mass is 314 g/mol. The Hall–Kier alpha value is -0.420. The van der Waals surface area contributed by atoms with Crippen LogP contribution >= 0.6 is 11.8 Å². The highest BCUT2D eigenvalue weighted by Crippen LogP contribution is 2.20. The van der Waals surface area contributed by atoms with Crippen molar-refractivity contribution in [1.29, 1.82) is 0 Å². The Labute approximate surface area is 133 Å². The minimum atomic E-state index is -0.402. The number of rotatable bonds is 2. The van der Waals surface area contributed by atoms with Crippen LogP contribution in [0, 0.1) is 0 Å². The number of carbonyl (C=O) groups excluding carboxylic acids is 1. The van der Waals surface area contributed by atoms with Crippen LogP contribution in [0.4, 0.5) is 4.79 Å². The Morgan fingerprint density at radius 1 is 1.14 bits per heavy atom. The Kier molecular flexibility index (Phi) is 6.23. The molecule has 0 bridgehead atoms. The van der Waals surface area contributed by atoms with Crippen molar-refractivity contribution in [3.63, 3.8) is 0 Å². The highest BCUT2D eigenvalue weighted by molar-refractivity contribution is 7.99. The van der Waals surface area contributed by atoms with Gasteiger partial charge >= 0.3 is 6.09 Å². The molecule has 0 saturated carbocycles. The summed E-state index contributed by atoms with van der Waals surface area (Å²) in [5, 5.41) is 3.81. The molecular formula is C16H30N2O2S. The summed E-state index contributed by atoms with van der Waals surface area (Å²) in [4.78, 5) is 14.0. The molecule has 2 fully saturated rings. The SMILES string of the molecule is CC(C)(C)OC(=O)N1CCC[C@H](N[C@H]2CCCSC2)CC1. The maximum Gasteiger partial charge on any atom is 0.410 e. The van der Waals surface area contributed by atoms with Crippen molar-refractivity contribution >= 4 is 17.9 Å². The van der Waals surface area contributed by atoms with Crippen LogP contribution in [0.25, 0.3) is 0 Å². The van der Waals surface area contributed by atoms with Gasteiger partial charge in [-0.05, 0) is 58.6 Å². The number of carbonyl (C=O) groups is 1. The molecule has 2 heterocycles. The van der Waals surface area contributed by atoms with Gasteiger partial charge in [0.25, 0.3) is 0 Å². The van der Waals surface area contributed by atoms with E-state index in [0.29, 0.717) is 12.1 Å².